The van der Waals surface area contributed by atoms with Crippen molar-refractivity contribution in [1.29, 1.82) is 0 Å². The summed E-state index contributed by atoms with van der Waals surface area (Å²) in [6.45, 7) is 1.98. The van der Waals surface area contributed by atoms with Crippen LogP contribution in [0.15, 0.2) is 67.1 Å². The van der Waals surface area contributed by atoms with Gasteiger partial charge in [0.15, 0.2) is 0 Å². The Morgan fingerprint density at radius 2 is 1.79 bits per heavy atom. The number of carbonyl (C=O) groups excluding carboxylic acids is 2. The number of rotatable bonds is 6. The van der Waals surface area contributed by atoms with E-state index in [1.807, 2.05) is 0 Å². The lowest BCUT2D eigenvalue weighted by molar-refractivity contribution is 0.102. The van der Waals surface area contributed by atoms with Gasteiger partial charge in [-0.15, -0.1) is 0 Å². The van der Waals surface area contributed by atoms with Gasteiger partial charge in [-0.3, -0.25) is 15.1 Å². The highest BCUT2D eigenvalue weighted by Crippen LogP contribution is 2.22. The molecule has 0 atom stereocenters. The normalized spacial score (nSPS) is 10.0. The Morgan fingerprint density at radius 3 is 2.54 bits per heavy atom. The summed E-state index contributed by atoms with van der Waals surface area (Å²) in [5, 5.41) is 5.36. The zero-order valence-corrected chi connectivity index (χ0v) is 15.1. The van der Waals surface area contributed by atoms with E-state index in [4.69, 9.17) is 9.47 Å². The first-order valence-corrected chi connectivity index (χ1v) is 8.53. The summed E-state index contributed by atoms with van der Waals surface area (Å²) in [4.78, 5) is 32.0. The fourth-order valence-corrected chi connectivity index (χ4v) is 2.32. The number of benzene rings is 2. The van der Waals surface area contributed by atoms with Gasteiger partial charge in [0.25, 0.3) is 5.91 Å². The van der Waals surface area contributed by atoms with Gasteiger partial charge in [0, 0.05) is 35.4 Å². The highest BCUT2D eigenvalue weighted by Gasteiger charge is 2.09. The van der Waals surface area contributed by atoms with Gasteiger partial charge in [0.1, 0.15) is 5.75 Å². The molecule has 0 aliphatic carbocycles. The summed E-state index contributed by atoms with van der Waals surface area (Å²) in [5.74, 6) is 0.531. The summed E-state index contributed by atoms with van der Waals surface area (Å²) in [6.07, 6.45) is 3.99. The van der Waals surface area contributed by atoms with Crippen LogP contribution in [0, 0.1) is 0 Å². The van der Waals surface area contributed by atoms with Crippen LogP contribution >= 0.6 is 0 Å². The minimum Gasteiger partial charge on any atom is -0.450 e. The third kappa shape index (κ3) is 5.28. The molecule has 8 nitrogen and oxygen atoms in total. The van der Waals surface area contributed by atoms with Crippen LogP contribution in [0.25, 0.3) is 0 Å². The molecule has 0 unspecified atom stereocenters. The third-order valence-corrected chi connectivity index (χ3v) is 3.50. The van der Waals surface area contributed by atoms with Crippen LogP contribution in [-0.4, -0.2) is 28.6 Å². The van der Waals surface area contributed by atoms with Crippen LogP contribution in [0.2, 0.25) is 0 Å². The van der Waals surface area contributed by atoms with E-state index in [0.29, 0.717) is 28.6 Å². The molecular weight excluding hydrogens is 360 g/mol. The van der Waals surface area contributed by atoms with Gasteiger partial charge in [-0.25, -0.2) is 9.78 Å². The van der Waals surface area contributed by atoms with Crippen LogP contribution in [0.5, 0.6) is 11.6 Å². The Labute approximate surface area is 161 Å². The Hall–Kier alpha value is -3.94. The molecule has 0 bridgehead atoms. The first kappa shape index (κ1) is 18.8. The molecule has 28 heavy (non-hydrogen) atoms. The van der Waals surface area contributed by atoms with Gasteiger partial charge in [-0.2, -0.15) is 0 Å². The molecule has 8 heteroatoms. The van der Waals surface area contributed by atoms with Gasteiger partial charge in [0.2, 0.25) is 5.88 Å². The maximum Gasteiger partial charge on any atom is 0.411 e. The number of amides is 2. The van der Waals surface area contributed by atoms with Crippen molar-refractivity contribution in [3.05, 3.63) is 72.7 Å². The number of anilines is 2. The van der Waals surface area contributed by atoms with Crippen molar-refractivity contribution in [3.8, 4) is 11.6 Å². The van der Waals surface area contributed by atoms with Gasteiger partial charge < -0.3 is 14.8 Å². The molecule has 1 heterocycles. The molecule has 142 valence electrons. The average molecular weight is 378 g/mol. The summed E-state index contributed by atoms with van der Waals surface area (Å²) < 4.78 is 10.4. The number of ether oxygens (including phenoxy) is 2. The molecular formula is C20H18N4O4. The predicted molar refractivity (Wildman–Crippen MR) is 104 cm³/mol. The minimum atomic E-state index is -0.575. The first-order chi connectivity index (χ1) is 13.6. The standard InChI is InChI=1S/C20H18N4O4/c1-2-27-20(26)24-15-6-3-5-14(11-15)19(25)23-16-7-4-8-17(12-16)28-18-13-21-9-10-22-18/h3-13H,2H2,1H3,(H,23,25)(H,24,26). The van der Waals surface area contributed by atoms with Crippen molar-refractivity contribution in [2.75, 3.05) is 17.2 Å². The molecule has 0 fully saturated rings. The summed E-state index contributed by atoms with van der Waals surface area (Å²) in [6, 6.07) is 13.5. The number of nitrogens with zero attached hydrogens (tertiary/aromatic N) is 2. The van der Waals surface area contributed by atoms with Crippen molar-refractivity contribution < 1.29 is 19.1 Å². The third-order valence-electron chi connectivity index (χ3n) is 3.50. The lowest BCUT2D eigenvalue weighted by Gasteiger charge is -2.10. The lowest BCUT2D eigenvalue weighted by atomic mass is 10.2. The van der Waals surface area contributed by atoms with Crippen molar-refractivity contribution in [2.24, 2.45) is 0 Å². The van der Waals surface area contributed by atoms with E-state index in [1.165, 1.54) is 12.4 Å². The monoisotopic (exact) mass is 378 g/mol. The quantitative estimate of drug-likeness (QED) is 0.670. The highest BCUT2D eigenvalue weighted by atomic mass is 16.5. The SMILES string of the molecule is CCOC(=O)Nc1cccc(C(=O)Nc2cccc(Oc3cnccn3)c2)c1. The van der Waals surface area contributed by atoms with E-state index in [-0.39, 0.29) is 12.5 Å². The molecule has 2 amide bonds. The minimum absolute atomic E-state index is 0.263. The molecule has 0 saturated heterocycles. The molecule has 3 rings (SSSR count). The molecule has 0 aliphatic rings. The fourth-order valence-electron chi connectivity index (χ4n) is 2.32. The van der Waals surface area contributed by atoms with Crippen molar-refractivity contribution in [2.45, 2.75) is 6.92 Å². The first-order valence-electron chi connectivity index (χ1n) is 8.53. The molecule has 0 spiro atoms. The van der Waals surface area contributed by atoms with Crippen molar-refractivity contribution in [1.82, 2.24) is 9.97 Å². The molecule has 2 aromatic carbocycles. The largest absolute Gasteiger partial charge is 0.450 e. The zero-order chi connectivity index (χ0) is 19.8. The number of carbonyl (C=O) groups is 2. The number of hydrogen-bond donors (Lipinski definition) is 2. The Kier molecular flexibility index (Phi) is 6.14. The van der Waals surface area contributed by atoms with Crippen molar-refractivity contribution >= 4 is 23.4 Å². The van der Waals surface area contributed by atoms with Crippen LogP contribution < -0.4 is 15.4 Å². The Morgan fingerprint density at radius 1 is 1.00 bits per heavy atom. The molecule has 0 radical (unpaired) electrons. The van der Waals surface area contributed by atoms with E-state index in [9.17, 15) is 9.59 Å². The number of hydrogen-bond acceptors (Lipinski definition) is 6. The van der Waals surface area contributed by atoms with E-state index < -0.39 is 6.09 Å². The maximum atomic E-state index is 12.5. The maximum absolute atomic E-state index is 12.5. The van der Waals surface area contributed by atoms with Gasteiger partial charge >= 0.3 is 6.09 Å². The van der Waals surface area contributed by atoms with Crippen LogP contribution in [0.4, 0.5) is 16.2 Å². The van der Waals surface area contributed by atoms with Crippen LogP contribution in [0.3, 0.4) is 0 Å². The van der Waals surface area contributed by atoms with E-state index in [0.717, 1.165) is 0 Å². The summed E-state index contributed by atoms with van der Waals surface area (Å²) in [5.41, 5.74) is 1.40. The molecule has 3 aromatic rings. The second-order valence-electron chi connectivity index (χ2n) is 5.55. The van der Waals surface area contributed by atoms with Gasteiger partial charge in [-0.05, 0) is 37.3 Å². The molecule has 2 N–H and O–H groups in total. The predicted octanol–water partition coefficient (Wildman–Crippen LogP) is 4.09. The molecule has 0 aliphatic heterocycles. The average Bonchev–Trinajstić information content (AvgIpc) is 2.69. The second kappa shape index (κ2) is 9.13. The Bertz CT molecular complexity index is 963. The number of nitrogens with one attached hydrogen (secondary N) is 2. The van der Waals surface area contributed by atoms with Gasteiger partial charge in [0.05, 0.1) is 12.8 Å². The second-order valence-corrected chi connectivity index (χ2v) is 5.55. The van der Waals surface area contributed by atoms with E-state index in [1.54, 1.807) is 61.7 Å². The molecule has 1 aromatic heterocycles. The summed E-state index contributed by atoms with van der Waals surface area (Å²) >= 11 is 0. The Balaban J connectivity index is 1.68. The van der Waals surface area contributed by atoms with Crippen LogP contribution in [-0.2, 0) is 4.74 Å². The highest BCUT2D eigenvalue weighted by molar-refractivity contribution is 6.05. The smallest absolute Gasteiger partial charge is 0.411 e. The number of aromatic nitrogens is 2. The van der Waals surface area contributed by atoms with Gasteiger partial charge in [-0.1, -0.05) is 12.1 Å². The fraction of sp³-hybridized carbons (Fsp3) is 0.100. The topological polar surface area (TPSA) is 102 Å². The van der Waals surface area contributed by atoms with E-state index in [2.05, 4.69) is 20.6 Å². The van der Waals surface area contributed by atoms with E-state index >= 15 is 0 Å². The molecule has 0 saturated carbocycles. The lowest BCUT2D eigenvalue weighted by Crippen LogP contribution is -2.15. The summed E-state index contributed by atoms with van der Waals surface area (Å²) in [7, 11) is 0. The zero-order valence-electron chi connectivity index (χ0n) is 15.1. The van der Waals surface area contributed by atoms with Crippen molar-refractivity contribution in [3.63, 3.8) is 0 Å². The van der Waals surface area contributed by atoms with Crippen LogP contribution in [0.1, 0.15) is 17.3 Å².